The summed E-state index contributed by atoms with van der Waals surface area (Å²) in [7, 11) is 0. The number of aromatic nitrogens is 3. The molecule has 0 aliphatic carbocycles. The molecule has 0 aliphatic heterocycles. The van der Waals surface area contributed by atoms with E-state index in [2.05, 4.69) is 180 Å². The van der Waals surface area contributed by atoms with Crippen LogP contribution in [-0.2, 0) is 0 Å². The van der Waals surface area contributed by atoms with Crippen LogP contribution >= 0.6 is 11.3 Å². The quantitative estimate of drug-likeness (QED) is 0.180. The predicted molar refractivity (Wildman–Crippen MR) is 239 cm³/mol. The molecule has 13 rings (SSSR count). The molecular formula is C52H29N3OS. The lowest BCUT2D eigenvalue weighted by Gasteiger charge is -2.15. The first-order chi connectivity index (χ1) is 28.3. The van der Waals surface area contributed by atoms with E-state index in [9.17, 15) is 0 Å². The summed E-state index contributed by atoms with van der Waals surface area (Å²) in [4.78, 5) is 10.8. The topological polar surface area (TPSA) is 43.9 Å². The molecule has 0 N–H and O–H groups in total. The van der Waals surface area contributed by atoms with Crippen LogP contribution in [0.25, 0.3) is 125 Å². The smallest absolute Gasteiger partial charge is 0.161 e. The molecule has 0 spiro atoms. The van der Waals surface area contributed by atoms with Gasteiger partial charge in [0.25, 0.3) is 0 Å². The zero-order chi connectivity index (χ0) is 37.2. The Hall–Kier alpha value is -7.34. The Morgan fingerprint density at radius 3 is 1.77 bits per heavy atom. The van der Waals surface area contributed by atoms with Gasteiger partial charge in [0, 0.05) is 48.1 Å². The van der Waals surface area contributed by atoms with Crippen molar-refractivity contribution in [2.75, 3.05) is 0 Å². The Balaban J connectivity index is 1.07. The van der Waals surface area contributed by atoms with Crippen molar-refractivity contribution in [3.8, 4) is 39.5 Å². The Labute approximate surface area is 329 Å². The Morgan fingerprint density at radius 2 is 1.05 bits per heavy atom. The van der Waals surface area contributed by atoms with Gasteiger partial charge in [-0.1, -0.05) is 133 Å². The molecular weight excluding hydrogens is 715 g/mol. The molecule has 4 aromatic heterocycles. The summed E-state index contributed by atoms with van der Waals surface area (Å²) in [6, 6.07) is 62.8. The van der Waals surface area contributed by atoms with E-state index < -0.39 is 0 Å². The van der Waals surface area contributed by atoms with Crippen molar-refractivity contribution in [1.29, 1.82) is 0 Å². The van der Waals surface area contributed by atoms with Crippen molar-refractivity contribution < 1.29 is 4.42 Å². The van der Waals surface area contributed by atoms with Gasteiger partial charge in [0.2, 0.25) is 0 Å². The third kappa shape index (κ3) is 4.37. The molecule has 0 radical (unpaired) electrons. The van der Waals surface area contributed by atoms with E-state index in [-0.39, 0.29) is 0 Å². The van der Waals surface area contributed by atoms with Crippen LogP contribution in [0.2, 0.25) is 0 Å². The van der Waals surface area contributed by atoms with Gasteiger partial charge in [0.1, 0.15) is 11.2 Å². The number of fused-ring (bicyclic) bond motifs is 4. The van der Waals surface area contributed by atoms with Gasteiger partial charge >= 0.3 is 0 Å². The summed E-state index contributed by atoms with van der Waals surface area (Å²) in [5.74, 6) is 0.719. The standard InChI is InChI=1S/C52H29N3OS/c1-2-10-30(11-3-1)31-20-22-34(23-21-31)49-51-50(38-16-6-7-19-44(38)57-51)54-52(53-49)37-26-29-39(36-15-5-4-14-35(36)37)55-40-27-24-32-12-8-17-42-45(32)47(40)48-41(55)28-25-33-13-9-18-43(56-42)46(33)48/h1-29H. The number of benzene rings is 9. The van der Waals surface area contributed by atoms with Crippen LogP contribution in [0.3, 0.4) is 0 Å². The van der Waals surface area contributed by atoms with Crippen LogP contribution in [0, 0.1) is 0 Å². The molecule has 9 aromatic carbocycles. The maximum Gasteiger partial charge on any atom is 0.161 e. The molecule has 0 amide bonds. The Morgan fingerprint density at radius 1 is 0.439 bits per heavy atom. The van der Waals surface area contributed by atoms with Crippen molar-refractivity contribution in [1.82, 2.24) is 14.5 Å². The zero-order valence-electron chi connectivity index (χ0n) is 30.4. The summed E-state index contributed by atoms with van der Waals surface area (Å²) < 4.78 is 11.4. The lowest BCUT2D eigenvalue weighted by atomic mass is 10.00. The predicted octanol–water partition coefficient (Wildman–Crippen LogP) is 14.6. The number of hydrogen-bond donors (Lipinski definition) is 0. The molecule has 4 nitrogen and oxygen atoms in total. The van der Waals surface area contributed by atoms with Gasteiger partial charge in [-0.2, -0.15) is 0 Å². The van der Waals surface area contributed by atoms with E-state index in [0.29, 0.717) is 0 Å². The van der Waals surface area contributed by atoms with Crippen LogP contribution in [0.1, 0.15) is 0 Å². The average molecular weight is 744 g/mol. The van der Waals surface area contributed by atoms with E-state index in [1.54, 1.807) is 11.3 Å². The van der Waals surface area contributed by atoms with E-state index in [4.69, 9.17) is 14.4 Å². The molecule has 5 heteroatoms. The van der Waals surface area contributed by atoms with Crippen LogP contribution in [0.5, 0.6) is 0 Å². The maximum absolute atomic E-state index is 6.69. The van der Waals surface area contributed by atoms with Crippen molar-refractivity contribution >= 4 is 96.9 Å². The number of thiophene rings is 1. The van der Waals surface area contributed by atoms with Crippen LogP contribution in [0.15, 0.2) is 180 Å². The van der Waals surface area contributed by atoms with E-state index in [1.165, 1.54) is 37.4 Å². The fraction of sp³-hybridized carbons (Fsp3) is 0. The van der Waals surface area contributed by atoms with E-state index in [1.807, 2.05) is 0 Å². The van der Waals surface area contributed by atoms with Gasteiger partial charge in [0.15, 0.2) is 5.82 Å². The molecule has 57 heavy (non-hydrogen) atoms. The van der Waals surface area contributed by atoms with Gasteiger partial charge in [-0.3, -0.25) is 0 Å². The summed E-state index contributed by atoms with van der Waals surface area (Å²) in [5.41, 5.74) is 11.6. The van der Waals surface area contributed by atoms with E-state index in [0.717, 1.165) is 87.7 Å². The molecule has 0 fully saturated rings. The number of hydrogen-bond acceptors (Lipinski definition) is 4. The summed E-state index contributed by atoms with van der Waals surface area (Å²) >= 11 is 1.76. The normalized spacial score (nSPS) is 12.2. The van der Waals surface area contributed by atoms with Gasteiger partial charge < -0.3 is 8.98 Å². The second kappa shape index (κ2) is 11.6. The molecule has 0 unspecified atom stereocenters. The third-order valence-electron chi connectivity index (χ3n) is 11.8. The maximum atomic E-state index is 6.69. The minimum atomic E-state index is 0.719. The first-order valence-electron chi connectivity index (χ1n) is 19.2. The zero-order valence-corrected chi connectivity index (χ0v) is 31.2. The largest absolute Gasteiger partial charge is 0.456 e. The van der Waals surface area contributed by atoms with Crippen LogP contribution < -0.4 is 0 Å². The SMILES string of the molecule is c1ccc(-c2ccc(-c3nc(-c4ccc(-n5c6ccc7cccc8oc9cccc%10ccc5c(c%109)c6c78)c5ccccc45)nc4c3sc3ccccc34)cc2)cc1. The number of rotatable bonds is 4. The third-order valence-corrected chi connectivity index (χ3v) is 13.0. The summed E-state index contributed by atoms with van der Waals surface area (Å²) in [5, 5.41) is 10.5. The second-order valence-corrected chi connectivity index (χ2v) is 15.9. The summed E-state index contributed by atoms with van der Waals surface area (Å²) in [6.07, 6.45) is 0. The highest BCUT2D eigenvalue weighted by atomic mass is 32.1. The molecule has 0 saturated heterocycles. The van der Waals surface area contributed by atoms with Gasteiger partial charge in [-0.25, -0.2) is 9.97 Å². The van der Waals surface area contributed by atoms with Gasteiger partial charge in [-0.05, 0) is 69.8 Å². The number of nitrogens with zero attached hydrogens (tertiary/aromatic N) is 3. The minimum Gasteiger partial charge on any atom is -0.456 e. The van der Waals surface area contributed by atoms with Crippen molar-refractivity contribution in [3.63, 3.8) is 0 Å². The lowest BCUT2D eigenvalue weighted by Crippen LogP contribution is -1.98. The van der Waals surface area contributed by atoms with Crippen LogP contribution in [-0.4, -0.2) is 14.5 Å². The second-order valence-electron chi connectivity index (χ2n) is 14.9. The summed E-state index contributed by atoms with van der Waals surface area (Å²) in [6.45, 7) is 0. The van der Waals surface area contributed by atoms with Crippen molar-refractivity contribution in [3.05, 3.63) is 176 Å². The van der Waals surface area contributed by atoms with Crippen LogP contribution in [0.4, 0.5) is 0 Å². The lowest BCUT2D eigenvalue weighted by molar-refractivity contribution is 0.664. The van der Waals surface area contributed by atoms with Gasteiger partial charge in [0.05, 0.1) is 32.6 Å². The van der Waals surface area contributed by atoms with Crippen molar-refractivity contribution in [2.45, 2.75) is 0 Å². The highest BCUT2D eigenvalue weighted by molar-refractivity contribution is 7.26. The van der Waals surface area contributed by atoms with E-state index >= 15 is 0 Å². The molecule has 0 aliphatic rings. The highest BCUT2D eigenvalue weighted by Gasteiger charge is 2.24. The van der Waals surface area contributed by atoms with Gasteiger partial charge in [-0.15, -0.1) is 11.3 Å². The fourth-order valence-electron chi connectivity index (χ4n) is 9.26. The highest BCUT2D eigenvalue weighted by Crippen LogP contribution is 2.46. The Kier molecular flexibility index (Phi) is 6.29. The molecule has 4 heterocycles. The molecule has 264 valence electrons. The monoisotopic (exact) mass is 743 g/mol. The molecule has 0 atom stereocenters. The molecule has 0 saturated carbocycles. The van der Waals surface area contributed by atoms with Crippen molar-refractivity contribution in [2.24, 2.45) is 0 Å². The fourth-order valence-corrected chi connectivity index (χ4v) is 10.4. The first-order valence-corrected chi connectivity index (χ1v) is 20.1. The molecule has 0 bridgehead atoms. The Bertz CT molecular complexity index is 3640. The molecule has 13 aromatic rings. The average Bonchev–Trinajstić information content (AvgIpc) is 3.77. The minimum absolute atomic E-state index is 0.719. The first kappa shape index (κ1) is 30.9.